The Morgan fingerprint density at radius 1 is 1.38 bits per heavy atom. The van der Waals surface area contributed by atoms with Gasteiger partial charge < -0.3 is 10.6 Å². The number of rotatable bonds is 4. The van der Waals surface area contributed by atoms with E-state index < -0.39 is 0 Å². The normalized spacial score (nSPS) is 11.8. The zero-order chi connectivity index (χ0) is 15.4. The van der Waals surface area contributed by atoms with E-state index in [0.717, 1.165) is 11.3 Å². The largest absolute Gasteiger partial charge is 0.362 e. The summed E-state index contributed by atoms with van der Waals surface area (Å²) in [5, 5.41) is 6.37. The maximum Gasteiger partial charge on any atom is 0.221 e. The van der Waals surface area contributed by atoms with Crippen molar-refractivity contribution in [1.29, 1.82) is 0 Å². The summed E-state index contributed by atoms with van der Waals surface area (Å²) < 4.78 is 0.622. The third kappa shape index (κ3) is 4.15. The molecule has 0 fully saturated rings. The molecule has 110 valence electrons. The number of aromatic nitrogens is 2. The zero-order valence-corrected chi connectivity index (χ0v) is 13.9. The molecule has 1 unspecified atom stereocenters. The number of amides is 1. The summed E-state index contributed by atoms with van der Waals surface area (Å²) in [6, 6.07) is 7.60. The molecule has 2 aromatic rings. The van der Waals surface area contributed by atoms with Crippen molar-refractivity contribution in [1.82, 2.24) is 9.97 Å². The molecule has 1 atom stereocenters. The Morgan fingerprint density at radius 2 is 2.14 bits per heavy atom. The Kier molecular flexibility index (Phi) is 5.14. The van der Waals surface area contributed by atoms with Crippen molar-refractivity contribution in [2.45, 2.75) is 19.9 Å². The van der Waals surface area contributed by atoms with Crippen molar-refractivity contribution in [3.05, 3.63) is 45.8 Å². The highest BCUT2D eigenvalue weighted by molar-refractivity contribution is 9.10. The maximum absolute atomic E-state index is 11.1. The Labute approximate surface area is 136 Å². The number of nitrogens with zero attached hydrogens (tertiary/aromatic N) is 2. The van der Waals surface area contributed by atoms with Gasteiger partial charge >= 0.3 is 0 Å². The molecule has 5 nitrogen and oxygen atoms in total. The van der Waals surface area contributed by atoms with Gasteiger partial charge in [0.15, 0.2) is 0 Å². The second kappa shape index (κ2) is 6.87. The van der Waals surface area contributed by atoms with Gasteiger partial charge in [-0.2, -0.15) is 0 Å². The van der Waals surface area contributed by atoms with Crippen LogP contribution in [0.15, 0.2) is 35.1 Å². The van der Waals surface area contributed by atoms with E-state index in [0.29, 0.717) is 15.4 Å². The second-order valence-corrected chi connectivity index (χ2v) is 5.65. The fourth-order valence-corrected chi connectivity index (χ4v) is 2.28. The molecule has 0 aliphatic carbocycles. The lowest BCUT2D eigenvalue weighted by atomic mass is 10.1. The highest BCUT2D eigenvalue weighted by Gasteiger charge is 2.11. The van der Waals surface area contributed by atoms with Crippen molar-refractivity contribution < 1.29 is 4.79 Å². The highest BCUT2D eigenvalue weighted by Crippen LogP contribution is 2.29. The van der Waals surface area contributed by atoms with E-state index in [2.05, 4.69) is 36.5 Å². The van der Waals surface area contributed by atoms with Crippen molar-refractivity contribution in [2.75, 3.05) is 10.6 Å². The average Bonchev–Trinajstić information content (AvgIpc) is 2.43. The molecule has 0 aliphatic heterocycles. The smallest absolute Gasteiger partial charge is 0.221 e. The van der Waals surface area contributed by atoms with E-state index in [1.165, 1.54) is 13.3 Å². The monoisotopic (exact) mass is 368 g/mol. The number of nitrogens with one attached hydrogen (secondary N) is 2. The molecular formula is C14H14BrClN4O. The van der Waals surface area contributed by atoms with Gasteiger partial charge in [0.05, 0.1) is 10.5 Å². The van der Waals surface area contributed by atoms with Crippen LogP contribution in [-0.2, 0) is 4.79 Å². The minimum absolute atomic E-state index is 0.0130. The van der Waals surface area contributed by atoms with Gasteiger partial charge in [-0.3, -0.25) is 4.79 Å². The van der Waals surface area contributed by atoms with Crippen LogP contribution in [0.25, 0.3) is 0 Å². The summed E-state index contributed by atoms with van der Waals surface area (Å²) >= 11 is 9.29. The van der Waals surface area contributed by atoms with E-state index in [-0.39, 0.29) is 11.9 Å². The van der Waals surface area contributed by atoms with Gasteiger partial charge in [-0.25, -0.2) is 9.97 Å². The van der Waals surface area contributed by atoms with Gasteiger partial charge in [0.1, 0.15) is 17.3 Å². The number of hydrogen-bond donors (Lipinski definition) is 2. The SMILES string of the molecule is CC(=O)Nc1cccc(C(C)Nc2ncnc(Cl)c2Br)c1. The van der Waals surface area contributed by atoms with Gasteiger partial charge in [-0.05, 0) is 40.5 Å². The van der Waals surface area contributed by atoms with Gasteiger partial charge in [-0.15, -0.1) is 0 Å². The Hall–Kier alpha value is -1.66. The van der Waals surface area contributed by atoms with E-state index in [4.69, 9.17) is 11.6 Å². The van der Waals surface area contributed by atoms with E-state index in [1.807, 2.05) is 31.2 Å². The fourth-order valence-electron chi connectivity index (χ4n) is 1.83. The number of benzene rings is 1. The molecular weight excluding hydrogens is 356 g/mol. The lowest BCUT2D eigenvalue weighted by Gasteiger charge is -2.17. The summed E-state index contributed by atoms with van der Waals surface area (Å²) in [5.74, 6) is 0.519. The first-order valence-corrected chi connectivity index (χ1v) is 7.44. The Balaban J connectivity index is 2.18. The number of carbonyl (C=O) groups is 1. The molecule has 0 spiro atoms. The zero-order valence-electron chi connectivity index (χ0n) is 11.5. The second-order valence-electron chi connectivity index (χ2n) is 4.50. The molecule has 1 amide bonds. The lowest BCUT2D eigenvalue weighted by molar-refractivity contribution is -0.114. The maximum atomic E-state index is 11.1. The van der Waals surface area contributed by atoms with Gasteiger partial charge in [-0.1, -0.05) is 23.7 Å². The summed E-state index contributed by atoms with van der Waals surface area (Å²) in [6.07, 6.45) is 1.40. The van der Waals surface area contributed by atoms with Crippen LogP contribution < -0.4 is 10.6 Å². The van der Waals surface area contributed by atoms with Crippen LogP contribution in [0.1, 0.15) is 25.5 Å². The van der Waals surface area contributed by atoms with Crippen LogP contribution in [0, 0.1) is 0 Å². The van der Waals surface area contributed by atoms with Gasteiger partial charge in [0.2, 0.25) is 5.91 Å². The minimum Gasteiger partial charge on any atom is -0.362 e. The predicted molar refractivity (Wildman–Crippen MR) is 87.5 cm³/mol. The molecule has 0 radical (unpaired) electrons. The molecule has 0 saturated carbocycles. The first-order chi connectivity index (χ1) is 9.97. The summed E-state index contributed by atoms with van der Waals surface area (Å²) in [7, 11) is 0. The quantitative estimate of drug-likeness (QED) is 0.799. The molecule has 2 rings (SSSR count). The van der Waals surface area contributed by atoms with E-state index in [1.54, 1.807) is 0 Å². The molecule has 2 N–H and O–H groups in total. The summed E-state index contributed by atoms with van der Waals surface area (Å²) in [4.78, 5) is 19.1. The molecule has 0 saturated heterocycles. The van der Waals surface area contributed by atoms with Crippen LogP contribution in [-0.4, -0.2) is 15.9 Å². The average molecular weight is 370 g/mol. The van der Waals surface area contributed by atoms with Crippen LogP contribution >= 0.6 is 27.5 Å². The van der Waals surface area contributed by atoms with Crippen molar-refractivity contribution in [3.63, 3.8) is 0 Å². The van der Waals surface area contributed by atoms with Gasteiger partial charge in [0.25, 0.3) is 0 Å². The number of halogens is 2. The standard InChI is InChI=1S/C14H14BrClN4O/c1-8(19-14-12(15)13(16)17-7-18-14)10-4-3-5-11(6-10)20-9(2)21/h3-8H,1-2H3,(H,20,21)(H,17,18,19). The molecule has 7 heteroatoms. The van der Waals surface area contributed by atoms with Crippen molar-refractivity contribution in [3.8, 4) is 0 Å². The molecule has 0 aliphatic rings. The molecule has 1 aromatic heterocycles. The molecule has 1 aromatic carbocycles. The molecule has 21 heavy (non-hydrogen) atoms. The highest BCUT2D eigenvalue weighted by atomic mass is 79.9. The van der Waals surface area contributed by atoms with Crippen LogP contribution in [0.4, 0.5) is 11.5 Å². The fraction of sp³-hybridized carbons (Fsp3) is 0.214. The van der Waals surface area contributed by atoms with Crippen LogP contribution in [0.5, 0.6) is 0 Å². The first kappa shape index (κ1) is 15.7. The van der Waals surface area contributed by atoms with Crippen molar-refractivity contribution in [2.24, 2.45) is 0 Å². The van der Waals surface area contributed by atoms with E-state index >= 15 is 0 Å². The topological polar surface area (TPSA) is 66.9 Å². The molecule has 1 heterocycles. The van der Waals surface area contributed by atoms with Crippen molar-refractivity contribution >= 4 is 44.9 Å². The summed E-state index contributed by atoms with van der Waals surface area (Å²) in [5.41, 5.74) is 1.77. The third-order valence-corrected chi connectivity index (χ3v) is 4.07. The van der Waals surface area contributed by atoms with Crippen LogP contribution in [0.2, 0.25) is 5.15 Å². The third-order valence-electron chi connectivity index (χ3n) is 2.81. The summed E-state index contributed by atoms with van der Waals surface area (Å²) in [6.45, 7) is 3.48. The van der Waals surface area contributed by atoms with Crippen LogP contribution in [0.3, 0.4) is 0 Å². The number of hydrogen-bond acceptors (Lipinski definition) is 4. The first-order valence-electron chi connectivity index (χ1n) is 6.27. The number of carbonyl (C=O) groups excluding carboxylic acids is 1. The lowest BCUT2D eigenvalue weighted by Crippen LogP contribution is -2.10. The Morgan fingerprint density at radius 3 is 2.86 bits per heavy atom. The Bertz CT molecular complexity index is 665. The van der Waals surface area contributed by atoms with Gasteiger partial charge in [0, 0.05) is 12.6 Å². The minimum atomic E-state index is -0.0990. The predicted octanol–water partition coefficient (Wildman–Crippen LogP) is 4.02. The molecule has 0 bridgehead atoms. The van der Waals surface area contributed by atoms with E-state index in [9.17, 15) is 4.79 Å². The number of anilines is 2.